The fourth-order valence-corrected chi connectivity index (χ4v) is 5.45. The average Bonchev–Trinajstić information content (AvgIpc) is 3.41. The number of para-hydroxylation sites is 1. The van der Waals surface area contributed by atoms with Gasteiger partial charge in [0.2, 0.25) is 5.91 Å². The Morgan fingerprint density at radius 3 is 2.75 bits per heavy atom. The molecule has 1 aromatic heterocycles. The molecule has 144 valence electrons. The Bertz CT molecular complexity index is 904. The minimum Gasteiger partial charge on any atom is -0.496 e. The number of allylic oxidation sites excluding steroid dienone is 2. The lowest BCUT2D eigenvalue weighted by Crippen LogP contribution is -2.37. The van der Waals surface area contributed by atoms with Gasteiger partial charge in [-0.15, -0.1) is 0 Å². The maximum absolute atomic E-state index is 13.7. The summed E-state index contributed by atoms with van der Waals surface area (Å²) in [5.74, 6) is 2.26. The molecule has 2 fully saturated rings. The van der Waals surface area contributed by atoms with Gasteiger partial charge < -0.3 is 9.64 Å². The van der Waals surface area contributed by atoms with Crippen molar-refractivity contribution in [3.63, 3.8) is 0 Å². The molecule has 4 nitrogen and oxygen atoms in total. The van der Waals surface area contributed by atoms with Crippen LogP contribution in [0.25, 0.3) is 0 Å². The van der Waals surface area contributed by atoms with Gasteiger partial charge in [-0.25, -0.2) is 0 Å². The van der Waals surface area contributed by atoms with E-state index in [0.717, 1.165) is 23.3 Å². The summed E-state index contributed by atoms with van der Waals surface area (Å²) in [4.78, 5) is 19.9. The zero-order chi connectivity index (χ0) is 19.1. The Kier molecular flexibility index (Phi) is 4.22. The molecule has 2 saturated carbocycles. The topological polar surface area (TPSA) is 42.4 Å². The molecular formula is C24H26N2O2. The van der Waals surface area contributed by atoms with Crippen LogP contribution in [0, 0.1) is 23.2 Å². The van der Waals surface area contributed by atoms with Gasteiger partial charge in [0.25, 0.3) is 0 Å². The van der Waals surface area contributed by atoms with E-state index in [0.29, 0.717) is 30.3 Å². The number of carbonyl (C=O) groups excluding carboxylic acids is 1. The molecule has 1 aromatic carbocycles. The molecular weight excluding hydrogens is 348 g/mol. The molecule has 2 aromatic rings. The van der Waals surface area contributed by atoms with E-state index in [4.69, 9.17) is 4.74 Å². The molecule has 3 aliphatic rings. The number of hydrogen-bond donors (Lipinski definition) is 0. The average molecular weight is 374 g/mol. The third-order valence-corrected chi connectivity index (χ3v) is 7.00. The number of methoxy groups -OCH3 is 1. The highest BCUT2D eigenvalue weighted by Gasteiger charge is 2.64. The van der Waals surface area contributed by atoms with Crippen molar-refractivity contribution in [2.24, 2.45) is 23.2 Å². The number of hydrogen-bond acceptors (Lipinski definition) is 3. The van der Waals surface area contributed by atoms with Gasteiger partial charge in [-0.1, -0.05) is 36.4 Å². The maximum atomic E-state index is 13.7. The maximum Gasteiger partial charge on any atom is 0.226 e. The van der Waals surface area contributed by atoms with E-state index in [2.05, 4.69) is 17.1 Å². The first kappa shape index (κ1) is 17.5. The quantitative estimate of drug-likeness (QED) is 0.711. The van der Waals surface area contributed by atoms with Gasteiger partial charge >= 0.3 is 0 Å². The van der Waals surface area contributed by atoms with Gasteiger partial charge in [-0.3, -0.25) is 9.78 Å². The van der Waals surface area contributed by atoms with Crippen LogP contribution in [0.1, 0.15) is 30.4 Å². The van der Waals surface area contributed by atoms with Gasteiger partial charge in [0, 0.05) is 37.0 Å². The van der Waals surface area contributed by atoms with Gasteiger partial charge in [0.15, 0.2) is 0 Å². The predicted molar refractivity (Wildman–Crippen MR) is 107 cm³/mol. The van der Waals surface area contributed by atoms with Gasteiger partial charge in [-0.2, -0.15) is 0 Å². The largest absolute Gasteiger partial charge is 0.496 e. The predicted octanol–water partition coefficient (Wildman–Crippen LogP) is 4.22. The molecule has 1 spiro atoms. The van der Waals surface area contributed by atoms with Gasteiger partial charge in [-0.05, 0) is 54.2 Å². The molecule has 0 saturated heterocycles. The smallest absolute Gasteiger partial charge is 0.226 e. The molecule has 3 aliphatic carbocycles. The number of amides is 1. The van der Waals surface area contributed by atoms with Crippen molar-refractivity contribution in [3.8, 4) is 5.75 Å². The monoisotopic (exact) mass is 374 g/mol. The summed E-state index contributed by atoms with van der Waals surface area (Å²) >= 11 is 0. The normalized spacial score (nSPS) is 25.8. The van der Waals surface area contributed by atoms with E-state index >= 15 is 0 Å². The highest BCUT2D eigenvalue weighted by atomic mass is 16.5. The van der Waals surface area contributed by atoms with Crippen LogP contribution in [-0.4, -0.2) is 22.9 Å². The summed E-state index contributed by atoms with van der Waals surface area (Å²) in [5.41, 5.74) is 2.53. The summed E-state index contributed by atoms with van der Waals surface area (Å²) in [6.45, 7) is 1.14. The third-order valence-electron chi connectivity index (χ3n) is 7.00. The Labute approximate surface area is 166 Å². The van der Waals surface area contributed by atoms with Crippen LogP contribution in [0.4, 0.5) is 0 Å². The number of nitrogens with zero attached hydrogens (tertiary/aromatic N) is 2. The summed E-state index contributed by atoms with van der Waals surface area (Å²) < 4.78 is 5.53. The van der Waals surface area contributed by atoms with Crippen molar-refractivity contribution < 1.29 is 9.53 Å². The lowest BCUT2D eigenvalue weighted by atomic mass is 9.88. The second kappa shape index (κ2) is 6.77. The summed E-state index contributed by atoms with van der Waals surface area (Å²) in [7, 11) is 1.68. The molecule has 0 unspecified atom stereocenters. The first-order valence-corrected chi connectivity index (χ1v) is 10.2. The van der Waals surface area contributed by atoms with E-state index in [9.17, 15) is 4.79 Å². The van der Waals surface area contributed by atoms with Crippen molar-refractivity contribution in [1.82, 2.24) is 9.88 Å². The number of ether oxygens (including phenoxy) is 1. The summed E-state index contributed by atoms with van der Waals surface area (Å²) in [6.07, 6.45) is 11.9. The van der Waals surface area contributed by atoms with Crippen LogP contribution in [-0.2, 0) is 17.9 Å². The fraction of sp³-hybridized carbons (Fsp3) is 0.417. The van der Waals surface area contributed by atoms with E-state index < -0.39 is 0 Å². The molecule has 28 heavy (non-hydrogen) atoms. The third kappa shape index (κ3) is 2.83. The second-order valence-corrected chi connectivity index (χ2v) is 8.46. The Balaban J connectivity index is 1.42. The van der Waals surface area contributed by atoms with Crippen LogP contribution in [0.15, 0.2) is 60.9 Å². The molecule has 1 amide bonds. The van der Waals surface area contributed by atoms with E-state index in [1.807, 2.05) is 47.5 Å². The first-order chi connectivity index (χ1) is 13.7. The zero-order valence-electron chi connectivity index (χ0n) is 16.3. The van der Waals surface area contributed by atoms with Crippen molar-refractivity contribution in [2.45, 2.75) is 32.4 Å². The lowest BCUT2D eigenvalue weighted by Gasteiger charge is -2.29. The minimum absolute atomic E-state index is 0.115. The highest BCUT2D eigenvalue weighted by molar-refractivity contribution is 5.81. The SMILES string of the molecule is COc1ccccc1CN(Cc1cccnc1)C(=O)[C@H]1C[C@H]2C=C[C@H]1C21CC1. The molecule has 5 rings (SSSR count). The first-order valence-electron chi connectivity index (χ1n) is 10.2. The van der Waals surface area contributed by atoms with Crippen LogP contribution < -0.4 is 4.74 Å². The summed E-state index contributed by atoms with van der Waals surface area (Å²) in [5, 5.41) is 0. The lowest BCUT2D eigenvalue weighted by molar-refractivity contribution is -0.138. The Morgan fingerprint density at radius 1 is 1.18 bits per heavy atom. The van der Waals surface area contributed by atoms with Gasteiger partial charge in [0.1, 0.15) is 5.75 Å². The molecule has 0 aliphatic heterocycles. The molecule has 0 radical (unpaired) electrons. The number of pyridine rings is 1. The minimum atomic E-state index is 0.115. The van der Waals surface area contributed by atoms with E-state index in [-0.39, 0.29) is 11.8 Å². The van der Waals surface area contributed by atoms with Crippen LogP contribution in [0.3, 0.4) is 0 Å². The zero-order valence-corrected chi connectivity index (χ0v) is 16.3. The molecule has 3 atom stereocenters. The van der Waals surface area contributed by atoms with Crippen molar-refractivity contribution >= 4 is 5.91 Å². The van der Waals surface area contributed by atoms with Crippen molar-refractivity contribution in [1.29, 1.82) is 0 Å². The highest BCUT2D eigenvalue weighted by Crippen LogP contribution is 2.70. The van der Waals surface area contributed by atoms with Crippen molar-refractivity contribution in [3.05, 3.63) is 72.1 Å². The van der Waals surface area contributed by atoms with Gasteiger partial charge in [0.05, 0.1) is 7.11 Å². The van der Waals surface area contributed by atoms with Crippen LogP contribution in [0.2, 0.25) is 0 Å². The molecule has 0 N–H and O–H groups in total. The van der Waals surface area contributed by atoms with Crippen LogP contribution >= 0.6 is 0 Å². The number of rotatable bonds is 6. The summed E-state index contributed by atoms with van der Waals surface area (Å²) in [6, 6.07) is 11.9. The molecule has 2 bridgehead atoms. The second-order valence-electron chi connectivity index (χ2n) is 8.46. The number of aromatic nitrogens is 1. The van der Waals surface area contributed by atoms with E-state index in [1.165, 1.54) is 12.8 Å². The number of carbonyl (C=O) groups is 1. The standard InChI is InChI=1S/C24H26N2O2/c1-28-22-7-3-2-6-18(22)16-26(15-17-5-4-12-25-14-17)23(27)20-13-19-8-9-21(20)24(19)10-11-24/h2-9,12,14,19-21H,10-11,13,15-16H2,1H3/t19-,20+,21-/m1/s1. The Morgan fingerprint density at radius 2 is 2.04 bits per heavy atom. The van der Waals surface area contributed by atoms with Crippen molar-refractivity contribution in [2.75, 3.05) is 7.11 Å². The number of benzene rings is 1. The molecule has 1 heterocycles. The van der Waals surface area contributed by atoms with E-state index in [1.54, 1.807) is 13.3 Å². The molecule has 4 heteroatoms. The van der Waals surface area contributed by atoms with Crippen LogP contribution in [0.5, 0.6) is 5.75 Å². The Hall–Kier alpha value is -2.62. The fourth-order valence-electron chi connectivity index (χ4n) is 5.45.